The summed E-state index contributed by atoms with van der Waals surface area (Å²) >= 11 is 5.73. The number of rotatable bonds is 5. The van der Waals surface area contributed by atoms with E-state index >= 15 is 0 Å². The van der Waals surface area contributed by atoms with Crippen LogP contribution in [0.5, 0.6) is 5.75 Å². The summed E-state index contributed by atoms with van der Waals surface area (Å²) in [6.07, 6.45) is 0.0984. The first-order valence-corrected chi connectivity index (χ1v) is 8.65. The molecule has 2 amide bonds. The lowest BCUT2D eigenvalue weighted by Gasteiger charge is -2.20. The molecule has 0 saturated carbocycles. The van der Waals surface area contributed by atoms with Crippen molar-refractivity contribution in [2.24, 2.45) is 5.92 Å². The van der Waals surface area contributed by atoms with Gasteiger partial charge in [-0.25, -0.2) is 4.39 Å². The highest BCUT2D eigenvalue weighted by atomic mass is 35.5. The van der Waals surface area contributed by atoms with Crippen LogP contribution in [0.2, 0.25) is 5.02 Å². The molecule has 1 heterocycles. The molecule has 0 spiro atoms. The van der Waals surface area contributed by atoms with E-state index in [1.165, 1.54) is 18.2 Å². The number of nitrogens with one attached hydrogen (secondary N) is 1. The number of hydrogen-bond acceptors (Lipinski definition) is 3. The first kappa shape index (κ1) is 18.2. The number of carbonyl (C=O) groups excluding carboxylic acids is 2. The van der Waals surface area contributed by atoms with Gasteiger partial charge in [-0.05, 0) is 37.3 Å². The number of ether oxygens (including phenoxy) is 1. The van der Waals surface area contributed by atoms with Gasteiger partial charge in [-0.1, -0.05) is 23.7 Å². The number of benzene rings is 2. The van der Waals surface area contributed by atoms with E-state index in [1.807, 2.05) is 19.1 Å². The fourth-order valence-electron chi connectivity index (χ4n) is 2.89. The molecule has 7 heteroatoms. The lowest BCUT2D eigenvalue weighted by Crippen LogP contribution is -2.28. The predicted molar refractivity (Wildman–Crippen MR) is 98.1 cm³/mol. The Morgan fingerprint density at radius 3 is 2.85 bits per heavy atom. The van der Waals surface area contributed by atoms with E-state index in [0.717, 1.165) is 0 Å². The van der Waals surface area contributed by atoms with Crippen LogP contribution in [0.4, 0.5) is 15.8 Å². The van der Waals surface area contributed by atoms with Crippen LogP contribution < -0.4 is 15.0 Å². The number of halogens is 2. The van der Waals surface area contributed by atoms with Gasteiger partial charge in [0.15, 0.2) is 0 Å². The van der Waals surface area contributed by atoms with E-state index in [2.05, 4.69) is 5.32 Å². The van der Waals surface area contributed by atoms with Gasteiger partial charge in [0.2, 0.25) is 11.8 Å². The molecular weight excluding hydrogens is 359 g/mol. The molecule has 1 fully saturated rings. The third-order valence-corrected chi connectivity index (χ3v) is 4.43. The maximum absolute atomic E-state index is 13.2. The summed E-state index contributed by atoms with van der Waals surface area (Å²) in [5.74, 6) is -0.915. The number of nitrogens with zero attached hydrogens (tertiary/aromatic N) is 1. The summed E-state index contributed by atoms with van der Waals surface area (Å²) in [5, 5.41) is 2.61. The van der Waals surface area contributed by atoms with E-state index in [0.29, 0.717) is 23.7 Å². The number of carbonyl (C=O) groups is 2. The molecule has 0 radical (unpaired) electrons. The van der Waals surface area contributed by atoms with Gasteiger partial charge in [0.1, 0.15) is 11.6 Å². The molecule has 1 saturated heterocycles. The van der Waals surface area contributed by atoms with Crippen molar-refractivity contribution in [3.05, 3.63) is 53.3 Å². The molecule has 0 aliphatic carbocycles. The molecule has 136 valence electrons. The average Bonchev–Trinajstić information content (AvgIpc) is 3.01. The zero-order chi connectivity index (χ0) is 18.7. The molecule has 1 aliphatic rings. The zero-order valence-corrected chi connectivity index (χ0v) is 14.9. The van der Waals surface area contributed by atoms with Crippen LogP contribution in [0.25, 0.3) is 0 Å². The van der Waals surface area contributed by atoms with Gasteiger partial charge in [0, 0.05) is 18.7 Å². The number of amides is 2. The second-order valence-electron chi connectivity index (χ2n) is 5.92. The average molecular weight is 377 g/mol. The van der Waals surface area contributed by atoms with Crippen molar-refractivity contribution in [2.45, 2.75) is 13.3 Å². The van der Waals surface area contributed by atoms with Gasteiger partial charge in [-0.2, -0.15) is 0 Å². The van der Waals surface area contributed by atoms with E-state index in [1.54, 1.807) is 17.0 Å². The second kappa shape index (κ2) is 7.74. The van der Waals surface area contributed by atoms with Gasteiger partial charge in [-0.15, -0.1) is 0 Å². The minimum Gasteiger partial charge on any atom is -0.492 e. The largest absolute Gasteiger partial charge is 0.492 e. The van der Waals surface area contributed by atoms with E-state index in [4.69, 9.17) is 16.3 Å². The third-order valence-electron chi connectivity index (χ3n) is 4.14. The van der Waals surface area contributed by atoms with Gasteiger partial charge in [0.05, 0.1) is 23.2 Å². The highest BCUT2D eigenvalue weighted by Crippen LogP contribution is 2.33. The maximum Gasteiger partial charge on any atom is 0.229 e. The van der Waals surface area contributed by atoms with Crippen molar-refractivity contribution in [2.75, 3.05) is 23.4 Å². The first-order valence-electron chi connectivity index (χ1n) is 8.27. The molecular formula is C19H18ClFN2O3. The fourth-order valence-corrected chi connectivity index (χ4v) is 3.07. The van der Waals surface area contributed by atoms with E-state index < -0.39 is 11.7 Å². The molecule has 2 aromatic carbocycles. The smallest absolute Gasteiger partial charge is 0.229 e. The van der Waals surface area contributed by atoms with Gasteiger partial charge in [0.25, 0.3) is 0 Å². The monoisotopic (exact) mass is 376 g/mol. The Bertz CT molecular complexity index is 843. The molecule has 26 heavy (non-hydrogen) atoms. The molecule has 0 bridgehead atoms. The molecule has 2 aromatic rings. The topological polar surface area (TPSA) is 58.6 Å². The van der Waals surface area contributed by atoms with Crippen molar-refractivity contribution >= 4 is 34.8 Å². The molecule has 1 aliphatic heterocycles. The van der Waals surface area contributed by atoms with Gasteiger partial charge >= 0.3 is 0 Å². The molecule has 3 rings (SSSR count). The molecule has 5 nitrogen and oxygen atoms in total. The quantitative estimate of drug-likeness (QED) is 0.861. The standard InChI is InChI=1S/C19H18ClFN2O3/c1-2-26-17-6-4-3-5-16(17)23-11-12(9-18(23)24)19(25)22-13-7-8-15(21)14(20)10-13/h3-8,10,12H,2,9,11H2,1H3,(H,22,25). The van der Waals surface area contributed by atoms with Crippen molar-refractivity contribution in [3.8, 4) is 5.75 Å². The van der Waals surface area contributed by atoms with Crippen LogP contribution in [0.15, 0.2) is 42.5 Å². The maximum atomic E-state index is 13.2. The Morgan fingerprint density at radius 1 is 1.35 bits per heavy atom. The Hall–Kier alpha value is -2.60. The minimum atomic E-state index is -0.556. The molecule has 1 atom stereocenters. The third kappa shape index (κ3) is 3.80. The molecule has 1 N–H and O–H groups in total. The Kier molecular flexibility index (Phi) is 5.42. The van der Waals surface area contributed by atoms with Crippen molar-refractivity contribution in [3.63, 3.8) is 0 Å². The summed E-state index contributed by atoms with van der Waals surface area (Å²) in [6, 6.07) is 11.2. The normalized spacial score (nSPS) is 16.7. The molecule has 0 aromatic heterocycles. The first-order chi connectivity index (χ1) is 12.5. The summed E-state index contributed by atoms with van der Waals surface area (Å²) in [4.78, 5) is 26.5. The highest BCUT2D eigenvalue weighted by Gasteiger charge is 2.36. The van der Waals surface area contributed by atoms with E-state index in [9.17, 15) is 14.0 Å². The van der Waals surface area contributed by atoms with Crippen LogP contribution in [0.1, 0.15) is 13.3 Å². The lowest BCUT2D eigenvalue weighted by atomic mass is 10.1. The summed E-state index contributed by atoms with van der Waals surface area (Å²) in [5.41, 5.74) is 1.04. The predicted octanol–water partition coefficient (Wildman–Crippen LogP) is 3.87. The fraction of sp³-hybridized carbons (Fsp3) is 0.263. The van der Waals surface area contributed by atoms with Crippen molar-refractivity contribution in [1.82, 2.24) is 0 Å². The number of anilines is 2. The number of hydrogen-bond donors (Lipinski definition) is 1. The van der Waals surface area contributed by atoms with Crippen LogP contribution in [-0.2, 0) is 9.59 Å². The van der Waals surface area contributed by atoms with Crippen LogP contribution in [-0.4, -0.2) is 25.0 Å². The van der Waals surface area contributed by atoms with Crippen molar-refractivity contribution in [1.29, 1.82) is 0 Å². The second-order valence-corrected chi connectivity index (χ2v) is 6.33. The van der Waals surface area contributed by atoms with Crippen molar-refractivity contribution < 1.29 is 18.7 Å². The lowest BCUT2D eigenvalue weighted by molar-refractivity contribution is -0.122. The number of para-hydroxylation sites is 2. The van der Waals surface area contributed by atoms with Gasteiger partial charge < -0.3 is 15.0 Å². The highest BCUT2D eigenvalue weighted by molar-refractivity contribution is 6.31. The summed E-state index contributed by atoms with van der Waals surface area (Å²) in [7, 11) is 0. The van der Waals surface area contributed by atoms with Crippen LogP contribution in [0.3, 0.4) is 0 Å². The minimum absolute atomic E-state index is 0.0717. The van der Waals surface area contributed by atoms with Gasteiger partial charge in [-0.3, -0.25) is 9.59 Å². The Balaban J connectivity index is 1.73. The SMILES string of the molecule is CCOc1ccccc1N1CC(C(=O)Nc2ccc(F)c(Cl)c2)CC1=O. The Morgan fingerprint density at radius 2 is 2.12 bits per heavy atom. The van der Waals surface area contributed by atoms with Crippen LogP contribution in [0, 0.1) is 11.7 Å². The molecule has 1 unspecified atom stereocenters. The summed E-state index contributed by atoms with van der Waals surface area (Å²) in [6.45, 7) is 2.60. The van der Waals surface area contributed by atoms with E-state index in [-0.39, 0.29) is 29.8 Å². The Labute approximate surface area is 155 Å². The van der Waals surface area contributed by atoms with Crippen LogP contribution >= 0.6 is 11.6 Å². The zero-order valence-electron chi connectivity index (χ0n) is 14.2. The summed E-state index contributed by atoms with van der Waals surface area (Å²) < 4.78 is 18.8.